The molecule has 2 aromatic carbocycles. The van der Waals surface area contributed by atoms with Crippen LogP contribution in [0.1, 0.15) is 58.2 Å². The van der Waals surface area contributed by atoms with Crippen LogP contribution < -0.4 is 0 Å². The summed E-state index contributed by atoms with van der Waals surface area (Å²) < 4.78 is 0. The molecule has 0 spiro atoms. The highest BCUT2D eigenvalue weighted by molar-refractivity contribution is 6.44. The fourth-order valence-corrected chi connectivity index (χ4v) is 4.53. The first kappa shape index (κ1) is 24.9. The summed E-state index contributed by atoms with van der Waals surface area (Å²) in [6.45, 7) is 8.56. The van der Waals surface area contributed by atoms with E-state index < -0.39 is 73.5 Å². The SMILES string of the molecule is CC(C)(O)c1c(O)c(O)c(C(C)(C)BC(C)(C)c2c(O)c(O)c(O)c(O)c2O)c(O)c1O. The van der Waals surface area contributed by atoms with Gasteiger partial charge in [0.25, 0.3) is 0 Å². The molecule has 0 amide bonds. The van der Waals surface area contributed by atoms with Crippen LogP contribution in [-0.2, 0) is 16.2 Å². The van der Waals surface area contributed by atoms with Gasteiger partial charge in [-0.05, 0) is 24.5 Å². The lowest BCUT2D eigenvalue weighted by Crippen LogP contribution is -2.40. The van der Waals surface area contributed by atoms with Crippen molar-refractivity contribution in [2.24, 2.45) is 0 Å². The van der Waals surface area contributed by atoms with Gasteiger partial charge < -0.3 is 51.1 Å². The Labute approximate surface area is 185 Å². The average molecular weight is 452 g/mol. The molecule has 0 fully saturated rings. The molecular formula is C21H29BO10. The molecular weight excluding hydrogens is 423 g/mol. The van der Waals surface area contributed by atoms with Crippen LogP contribution in [0.4, 0.5) is 0 Å². The highest BCUT2D eigenvalue weighted by Gasteiger charge is 2.43. The Morgan fingerprint density at radius 3 is 0.906 bits per heavy atom. The summed E-state index contributed by atoms with van der Waals surface area (Å²) in [6.07, 6.45) is 0. The lowest BCUT2D eigenvalue weighted by molar-refractivity contribution is 0.0717. The van der Waals surface area contributed by atoms with Gasteiger partial charge in [-0.2, -0.15) is 0 Å². The van der Waals surface area contributed by atoms with Crippen molar-refractivity contribution in [3.8, 4) is 51.7 Å². The van der Waals surface area contributed by atoms with Crippen LogP contribution in [-0.4, -0.2) is 58.3 Å². The van der Waals surface area contributed by atoms with E-state index in [1.807, 2.05) is 0 Å². The minimum absolute atomic E-state index is 0.105. The summed E-state index contributed by atoms with van der Waals surface area (Å²) in [5.41, 5.74) is -2.88. The summed E-state index contributed by atoms with van der Waals surface area (Å²) in [5.74, 6) is -8.20. The van der Waals surface area contributed by atoms with Crippen LogP contribution in [0, 0.1) is 0 Å². The molecule has 10 nitrogen and oxygen atoms in total. The second-order valence-corrected chi connectivity index (χ2v) is 9.77. The van der Waals surface area contributed by atoms with Gasteiger partial charge in [-0.3, -0.25) is 0 Å². The Morgan fingerprint density at radius 1 is 0.406 bits per heavy atom. The van der Waals surface area contributed by atoms with Crippen molar-refractivity contribution in [1.82, 2.24) is 0 Å². The van der Waals surface area contributed by atoms with E-state index in [1.54, 1.807) is 0 Å². The molecule has 0 radical (unpaired) electrons. The van der Waals surface area contributed by atoms with Crippen molar-refractivity contribution in [3.05, 3.63) is 16.7 Å². The van der Waals surface area contributed by atoms with Crippen LogP contribution in [0.2, 0.25) is 0 Å². The topological polar surface area (TPSA) is 202 Å². The van der Waals surface area contributed by atoms with Crippen molar-refractivity contribution >= 4 is 7.28 Å². The summed E-state index contributed by atoms with van der Waals surface area (Å²) in [6, 6.07) is 0. The van der Waals surface area contributed by atoms with Crippen LogP contribution in [0.5, 0.6) is 51.7 Å². The van der Waals surface area contributed by atoms with E-state index in [9.17, 15) is 51.1 Å². The monoisotopic (exact) mass is 452 g/mol. The molecule has 2 rings (SSSR count). The Bertz CT molecular complexity index is 1030. The fourth-order valence-electron chi connectivity index (χ4n) is 4.53. The van der Waals surface area contributed by atoms with Gasteiger partial charge in [0, 0.05) is 11.1 Å². The van der Waals surface area contributed by atoms with E-state index in [0.29, 0.717) is 0 Å². The van der Waals surface area contributed by atoms with Crippen LogP contribution >= 0.6 is 0 Å². The Balaban J connectivity index is 2.72. The molecule has 0 saturated carbocycles. The zero-order valence-electron chi connectivity index (χ0n) is 18.7. The normalized spacial score (nSPS) is 12.7. The fraction of sp³-hybridized carbons (Fsp3) is 0.429. The maximum atomic E-state index is 10.6. The predicted octanol–water partition coefficient (Wildman–Crippen LogP) is 1.87. The van der Waals surface area contributed by atoms with Gasteiger partial charge >= 0.3 is 0 Å². The van der Waals surface area contributed by atoms with Crippen LogP contribution in [0.3, 0.4) is 0 Å². The third-order valence-corrected chi connectivity index (χ3v) is 5.62. The molecule has 0 heterocycles. The van der Waals surface area contributed by atoms with E-state index in [2.05, 4.69) is 0 Å². The zero-order valence-corrected chi connectivity index (χ0v) is 18.7. The Hall–Kier alpha value is -3.34. The minimum Gasteiger partial charge on any atom is -0.504 e. The first-order valence-corrected chi connectivity index (χ1v) is 9.69. The molecule has 0 aromatic heterocycles. The third-order valence-electron chi connectivity index (χ3n) is 5.62. The summed E-state index contributed by atoms with van der Waals surface area (Å²) in [4.78, 5) is 0. The number of rotatable bonds is 5. The molecule has 0 unspecified atom stereocenters. The van der Waals surface area contributed by atoms with Crippen molar-refractivity contribution in [1.29, 1.82) is 0 Å². The largest absolute Gasteiger partial charge is 0.504 e. The molecule has 10 N–H and O–H groups in total. The quantitative estimate of drug-likeness (QED) is 0.181. The third kappa shape index (κ3) is 3.73. The molecule has 0 saturated heterocycles. The predicted molar refractivity (Wildman–Crippen MR) is 116 cm³/mol. The first-order chi connectivity index (χ1) is 14.3. The molecule has 32 heavy (non-hydrogen) atoms. The lowest BCUT2D eigenvalue weighted by Gasteiger charge is -2.36. The maximum absolute atomic E-state index is 10.6. The molecule has 0 aliphatic carbocycles. The van der Waals surface area contributed by atoms with Gasteiger partial charge in [0.15, 0.2) is 34.5 Å². The standard InChI is InChI=1S/C21H29BO10/c1-19(2,7-10(23)14(27)9(21(5,6)32)15(28)11(7)24)22-20(3,4)8-12(25)16(29)18(31)17(30)13(8)26/h22-32H,1-6H3. The van der Waals surface area contributed by atoms with Gasteiger partial charge in [0.05, 0.1) is 11.2 Å². The Morgan fingerprint density at radius 2 is 0.625 bits per heavy atom. The number of aromatic hydroxyl groups is 9. The molecule has 11 heteroatoms. The Kier molecular flexibility index (Phi) is 5.74. The highest BCUT2D eigenvalue weighted by atomic mass is 16.4. The van der Waals surface area contributed by atoms with Crippen LogP contribution in [0.15, 0.2) is 0 Å². The summed E-state index contributed by atoms with van der Waals surface area (Å²) in [5, 5.41) is 99.9. The number of phenolic OH excluding ortho intramolecular Hbond substituents is 9. The van der Waals surface area contributed by atoms with Crippen LogP contribution in [0.25, 0.3) is 0 Å². The smallest absolute Gasteiger partial charge is 0.208 e. The average Bonchev–Trinajstić information content (AvgIpc) is 2.61. The van der Waals surface area contributed by atoms with Gasteiger partial charge in [0.2, 0.25) is 17.2 Å². The van der Waals surface area contributed by atoms with E-state index in [0.717, 1.165) is 0 Å². The number of hydrogen-bond donors (Lipinski definition) is 10. The lowest BCUT2D eigenvalue weighted by atomic mass is 9.37. The van der Waals surface area contributed by atoms with E-state index in [4.69, 9.17) is 0 Å². The highest BCUT2D eigenvalue weighted by Crippen LogP contribution is 2.57. The van der Waals surface area contributed by atoms with E-state index >= 15 is 0 Å². The molecule has 176 valence electrons. The second kappa shape index (κ2) is 7.37. The molecule has 0 bridgehead atoms. The molecule has 0 aliphatic heterocycles. The zero-order chi connectivity index (χ0) is 25.1. The minimum atomic E-state index is -1.80. The molecule has 2 aromatic rings. The maximum Gasteiger partial charge on any atom is 0.208 e. The van der Waals surface area contributed by atoms with Crippen molar-refractivity contribution in [2.45, 2.75) is 57.8 Å². The number of benzene rings is 2. The van der Waals surface area contributed by atoms with E-state index in [-0.39, 0.29) is 18.4 Å². The molecule has 0 atom stereocenters. The van der Waals surface area contributed by atoms with Crippen molar-refractivity contribution < 1.29 is 51.1 Å². The summed E-state index contributed by atoms with van der Waals surface area (Å²) >= 11 is 0. The first-order valence-electron chi connectivity index (χ1n) is 9.69. The second-order valence-electron chi connectivity index (χ2n) is 9.77. The summed E-state index contributed by atoms with van der Waals surface area (Å²) in [7, 11) is -0.105. The van der Waals surface area contributed by atoms with E-state index in [1.165, 1.54) is 41.5 Å². The van der Waals surface area contributed by atoms with Crippen molar-refractivity contribution in [3.63, 3.8) is 0 Å². The number of phenols is 9. The van der Waals surface area contributed by atoms with Gasteiger partial charge in [-0.1, -0.05) is 27.7 Å². The molecule has 0 aliphatic rings. The number of hydrogen-bond acceptors (Lipinski definition) is 10. The number of aliphatic hydroxyl groups is 1. The van der Waals surface area contributed by atoms with Gasteiger partial charge in [-0.15, -0.1) is 0 Å². The van der Waals surface area contributed by atoms with Gasteiger partial charge in [-0.25, -0.2) is 0 Å². The van der Waals surface area contributed by atoms with Crippen molar-refractivity contribution in [2.75, 3.05) is 0 Å². The van der Waals surface area contributed by atoms with Gasteiger partial charge in [0.1, 0.15) is 7.28 Å².